The van der Waals surface area contributed by atoms with Crippen LogP contribution in [0.3, 0.4) is 0 Å². The van der Waals surface area contributed by atoms with Crippen LogP contribution in [-0.2, 0) is 46.6 Å². The van der Waals surface area contributed by atoms with Crippen molar-refractivity contribution >= 4 is 34.8 Å². The average Bonchev–Trinajstić information content (AvgIpc) is 3.27. The first-order chi connectivity index (χ1) is 15.2. The van der Waals surface area contributed by atoms with Gasteiger partial charge in [-0.15, -0.1) is 0 Å². The number of methoxy groups -OCH3 is 1. The maximum atomic E-state index is 12.1. The number of aromatic nitrogens is 3. The second-order valence-corrected chi connectivity index (χ2v) is 11.7. The number of phosphoric ester groups is 2. The van der Waals surface area contributed by atoms with Gasteiger partial charge in [-0.1, -0.05) is 6.92 Å². The van der Waals surface area contributed by atoms with E-state index in [1.165, 1.54) is 18.0 Å². The summed E-state index contributed by atoms with van der Waals surface area (Å²) in [4.78, 5) is 32.2. The number of nitrogen functional groups attached to an aromatic ring is 1. The van der Waals surface area contributed by atoms with E-state index in [1.807, 2.05) is 6.92 Å². The third-order valence-corrected chi connectivity index (χ3v) is 9.05. The Bertz CT molecular complexity index is 1160. The van der Waals surface area contributed by atoms with Crippen LogP contribution in [0.1, 0.15) is 19.0 Å². The third kappa shape index (κ3) is 5.70. The summed E-state index contributed by atoms with van der Waals surface area (Å²) >= 11 is 0. The van der Waals surface area contributed by atoms with Gasteiger partial charge in [-0.05, 0) is 18.6 Å². The van der Waals surface area contributed by atoms with E-state index in [9.17, 15) is 23.5 Å². The molecule has 0 aromatic carbocycles. The maximum Gasteiger partial charge on any atom is 0.490 e. The molecule has 1 fully saturated rings. The summed E-state index contributed by atoms with van der Waals surface area (Å²) in [5.74, 6) is -1.40. The van der Waals surface area contributed by atoms with Crippen molar-refractivity contribution in [3.05, 3.63) is 24.2 Å². The van der Waals surface area contributed by atoms with Crippen molar-refractivity contribution in [2.24, 2.45) is 5.92 Å². The van der Waals surface area contributed by atoms with Gasteiger partial charge in [-0.2, -0.15) is 13.7 Å². The van der Waals surface area contributed by atoms with Gasteiger partial charge in [0.2, 0.25) is 5.79 Å². The first-order valence-corrected chi connectivity index (χ1v) is 13.7. The van der Waals surface area contributed by atoms with Gasteiger partial charge in [0.1, 0.15) is 17.5 Å². The highest BCUT2D eigenvalue weighted by Gasteiger charge is 2.51. The highest BCUT2D eigenvalue weighted by atomic mass is 31.3. The molecular formula is C14H23N4O12P3. The molecule has 0 radical (unpaired) electrons. The summed E-state index contributed by atoms with van der Waals surface area (Å²) < 4.78 is 64.8. The Kier molecular flexibility index (Phi) is 7.52. The Balaban J connectivity index is 1.72. The zero-order valence-corrected chi connectivity index (χ0v) is 20.3. The van der Waals surface area contributed by atoms with Crippen LogP contribution in [0.25, 0.3) is 5.52 Å². The topological polar surface area (TPSA) is 223 Å². The van der Waals surface area contributed by atoms with Crippen molar-refractivity contribution in [1.82, 2.24) is 14.6 Å². The standard InChI is InChI=1S/C14H23N4O12P3/c1-9-6-10(7-27-32(21,22)30-33(23,24)29-31(19,20)26-3)28-14(9,25-2)12-5-4-11-13(15)16-8-17-18(11)12/h4-5,8-10H,6-7H2,1-3H3,(H,19,20)(H,21,22)(H,23,24)(H2,15,16,17). The fraction of sp³-hybridized carbons (Fsp3) is 0.571. The number of nitrogens with zero attached hydrogens (tertiary/aromatic N) is 3. The van der Waals surface area contributed by atoms with Crippen LogP contribution >= 0.6 is 23.5 Å². The van der Waals surface area contributed by atoms with Crippen molar-refractivity contribution in [2.75, 3.05) is 26.6 Å². The third-order valence-electron chi connectivity index (χ3n) is 4.82. The summed E-state index contributed by atoms with van der Waals surface area (Å²) in [7, 11) is -13.6. The smallest absolute Gasteiger partial charge is 0.382 e. The Morgan fingerprint density at radius 2 is 1.85 bits per heavy atom. The van der Waals surface area contributed by atoms with Gasteiger partial charge in [-0.25, -0.2) is 23.2 Å². The fourth-order valence-electron chi connectivity index (χ4n) is 3.46. The quantitative estimate of drug-likeness (QED) is 0.318. The van der Waals surface area contributed by atoms with Gasteiger partial charge in [-0.3, -0.25) is 9.05 Å². The van der Waals surface area contributed by atoms with Gasteiger partial charge in [0, 0.05) is 20.1 Å². The average molecular weight is 532 g/mol. The molecule has 3 rings (SSSR count). The van der Waals surface area contributed by atoms with E-state index in [0.29, 0.717) is 18.3 Å². The van der Waals surface area contributed by atoms with Crippen molar-refractivity contribution < 1.29 is 55.5 Å². The predicted molar refractivity (Wildman–Crippen MR) is 109 cm³/mol. The van der Waals surface area contributed by atoms with Crippen LogP contribution in [0.4, 0.5) is 5.82 Å². The molecule has 6 atom stereocenters. The van der Waals surface area contributed by atoms with Gasteiger partial charge < -0.3 is 29.9 Å². The second kappa shape index (κ2) is 9.42. The lowest BCUT2D eigenvalue weighted by Crippen LogP contribution is -2.36. The fourth-order valence-corrected chi connectivity index (χ4v) is 6.74. The molecule has 16 nitrogen and oxygen atoms in total. The first-order valence-electron chi connectivity index (χ1n) is 9.17. The van der Waals surface area contributed by atoms with Gasteiger partial charge >= 0.3 is 23.5 Å². The lowest BCUT2D eigenvalue weighted by Gasteiger charge is -2.31. The number of anilines is 1. The summed E-state index contributed by atoms with van der Waals surface area (Å²) in [6, 6.07) is 3.37. The molecular weight excluding hydrogens is 509 g/mol. The zero-order valence-electron chi connectivity index (χ0n) is 17.6. The number of nitrogens with two attached hydrogens (primary N) is 1. The highest BCUT2D eigenvalue weighted by Crippen LogP contribution is 2.67. The molecule has 2 aromatic heterocycles. The SMILES string of the molecule is COC1(c2ccc3c(N)ncnn23)OC(COP(=O)(O)OP(=O)(O)OP(=O)(O)OC)CC1C. The molecule has 0 aliphatic carbocycles. The molecule has 186 valence electrons. The molecule has 19 heteroatoms. The maximum absolute atomic E-state index is 12.1. The molecule has 5 N–H and O–H groups in total. The van der Waals surface area contributed by atoms with Crippen LogP contribution in [0.5, 0.6) is 0 Å². The number of rotatable bonds is 10. The first kappa shape index (κ1) is 26.4. The monoisotopic (exact) mass is 532 g/mol. The van der Waals surface area contributed by atoms with Crippen molar-refractivity contribution in [3.63, 3.8) is 0 Å². The van der Waals surface area contributed by atoms with Crippen LogP contribution in [-0.4, -0.2) is 56.2 Å². The van der Waals surface area contributed by atoms with Crippen molar-refractivity contribution in [3.8, 4) is 0 Å². The second-order valence-electron chi connectivity index (χ2n) is 6.96. The van der Waals surface area contributed by atoms with E-state index in [2.05, 4.69) is 23.2 Å². The van der Waals surface area contributed by atoms with Crippen LogP contribution in [0.15, 0.2) is 18.5 Å². The summed E-state index contributed by atoms with van der Waals surface area (Å²) in [6.07, 6.45) is 0.721. The van der Waals surface area contributed by atoms with Crippen molar-refractivity contribution in [1.29, 1.82) is 0 Å². The van der Waals surface area contributed by atoms with Gasteiger partial charge in [0.15, 0.2) is 5.82 Å². The molecule has 0 spiro atoms. The number of phosphoric acid groups is 3. The number of hydrogen-bond acceptors (Lipinski definition) is 12. The molecule has 0 saturated carbocycles. The Labute approximate surface area is 187 Å². The largest absolute Gasteiger partial charge is 0.490 e. The summed E-state index contributed by atoms with van der Waals surface area (Å²) in [5, 5.41) is 4.16. The minimum atomic E-state index is -5.50. The van der Waals surface area contributed by atoms with Crippen LogP contribution in [0, 0.1) is 5.92 Å². The van der Waals surface area contributed by atoms with Crippen LogP contribution < -0.4 is 5.73 Å². The molecule has 3 heterocycles. The Hall–Kier alpha value is -1.25. The molecule has 2 aromatic rings. The van der Waals surface area contributed by atoms with E-state index in [4.69, 9.17) is 24.6 Å². The van der Waals surface area contributed by atoms with Gasteiger partial charge in [0.25, 0.3) is 0 Å². The number of hydrogen-bond donors (Lipinski definition) is 4. The summed E-state index contributed by atoms with van der Waals surface area (Å²) in [6.45, 7) is 1.24. The van der Waals surface area contributed by atoms with E-state index < -0.39 is 42.0 Å². The predicted octanol–water partition coefficient (Wildman–Crippen LogP) is 1.53. The molecule has 1 aliphatic heterocycles. The minimum Gasteiger partial charge on any atom is -0.382 e. The van der Waals surface area contributed by atoms with Crippen LogP contribution in [0.2, 0.25) is 0 Å². The molecule has 0 bridgehead atoms. The summed E-state index contributed by atoms with van der Waals surface area (Å²) in [5.41, 5.74) is 6.87. The Morgan fingerprint density at radius 3 is 2.48 bits per heavy atom. The van der Waals surface area contributed by atoms with Gasteiger partial charge in [0.05, 0.1) is 12.7 Å². The van der Waals surface area contributed by atoms with E-state index >= 15 is 0 Å². The molecule has 1 aliphatic rings. The molecule has 1 saturated heterocycles. The highest BCUT2D eigenvalue weighted by molar-refractivity contribution is 7.66. The molecule has 33 heavy (non-hydrogen) atoms. The normalized spacial score (nSPS) is 28.9. The zero-order chi connectivity index (χ0) is 24.7. The Morgan fingerprint density at radius 1 is 1.18 bits per heavy atom. The van der Waals surface area contributed by atoms with Crippen molar-refractivity contribution in [2.45, 2.75) is 25.2 Å². The lowest BCUT2D eigenvalue weighted by molar-refractivity contribution is -0.244. The van der Waals surface area contributed by atoms with E-state index in [1.54, 1.807) is 12.1 Å². The number of ether oxygens (including phenoxy) is 2. The van der Waals surface area contributed by atoms with E-state index in [0.717, 1.165) is 0 Å². The molecule has 6 unspecified atom stereocenters. The van der Waals surface area contributed by atoms with E-state index in [-0.39, 0.29) is 18.2 Å². The minimum absolute atomic E-state index is 0.239. The number of fused-ring (bicyclic) bond motifs is 1. The molecule has 0 amide bonds. The lowest BCUT2D eigenvalue weighted by atomic mass is 9.96.